The van der Waals surface area contributed by atoms with E-state index in [9.17, 15) is 31.6 Å². The van der Waals surface area contributed by atoms with Crippen LogP contribution in [0.1, 0.15) is 30.4 Å². The summed E-state index contributed by atoms with van der Waals surface area (Å²) in [6.07, 6.45) is -4.07. The van der Waals surface area contributed by atoms with Crippen LogP contribution in [-0.4, -0.2) is 52.6 Å². The van der Waals surface area contributed by atoms with Crippen molar-refractivity contribution >= 4 is 7.82 Å². The van der Waals surface area contributed by atoms with E-state index in [4.69, 9.17) is 20.3 Å². The lowest BCUT2D eigenvalue weighted by Gasteiger charge is -2.27. The number of phosphoric ester groups is 1. The number of hydrogen-bond acceptors (Lipinski definition) is 5. The molecule has 1 aromatic rings. The van der Waals surface area contributed by atoms with Crippen molar-refractivity contribution < 1.29 is 50.7 Å². The molecule has 7 nitrogen and oxygen atoms in total. The predicted molar refractivity (Wildman–Crippen MR) is 114 cm³/mol. The SMILES string of the molecule is NC(CO)(CCc1ccc(OCCCC2=CC(F)C(F)C=C2)c(C(F)(F)F)c1)COP(=O)(O)O. The van der Waals surface area contributed by atoms with E-state index in [0.29, 0.717) is 12.0 Å². The second-order valence-corrected chi connectivity index (χ2v) is 9.29. The number of alkyl halides is 5. The molecular weight excluding hydrogens is 488 g/mol. The first-order chi connectivity index (χ1) is 15.7. The van der Waals surface area contributed by atoms with Gasteiger partial charge in [0.05, 0.1) is 30.9 Å². The first-order valence-electron chi connectivity index (χ1n) is 10.3. The highest BCUT2D eigenvalue weighted by molar-refractivity contribution is 7.46. The van der Waals surface area contributed by atoms with E-state index in [-0.39, 0.29) is 31.4 Å². The number of nitrogens with two attached hydrogens (primary N) is 1. The van der Waals surface area contributed by atoms with Crippen LogP contribution in [-0.2, 0) is 21.7 Å². The molecule has 3 unspecified atom stereocenters. The van der Waals surface area contributed by atoms with Gasteiger partial charge in [0.1, 0.15) is 5.75 Å². The first-order valence-corrected chi connectivity index (χ1v) is 11.9. The van der Waals surface area contributed by atoms with Crippen molar-refractivity contribution in [2.75, 3.05) is 19.8 Å². The molecule has 192 valence electrons. The maximum atomic E-state index is 13.6. The molecule has 0 saturated heterocycles. The van der Waals surface area contributed by atoms with Gasteiger partial charge >= 0.3 is 14.0 Å². The van der Waals surface area contributed by atoms with Crippen molar-refractivity contribution in [3.05, 3.63) is 53.1 Å². The fourth-order valence-electron chi connectivity index (χ4n) is 3.18. The molecular formula is C21H27F5NO6P. The molecule has 34 heavy (non-hydrogen) atoms. The molecule has 0 spiro atoms. The zero-order valence-corrected chi connectivity index (χ0v) is 18.9. The Morgan fingerprint density at radius 3 is 2.41 bits per heavy atom. The molecule has 0 aliphatic heterocycles. The van der Waals surface area contributed by atoms with Gasteiger partial charge in [-0.2, -0.15) is 13.2 Å². The molecule has 1 aliphatic rings. The molecule has 2 rings (SSSR count). The Bertz CT molecular complexity index is 935. The Hall–Kier alpha value is -1.82. The number of phosphoric acid groups is 1. The van der Waals surface area contributed by atoms with E-state index in [1.54, 1.807) is 0 Å². The normalized spacial score (nSPS) is 20.7. The average molecular weight is 515 g/mol. The van der Waals surface area contributed by atoms with Gasteiger partial charge in [-0.15, -0.1) is 0 Å². The van der Waals surface area contributed by atoms with Crippen LogP contribution in [0.4, 0.5) is 22.0 Å². The molecule has 3 atom stereocenters. The molecule has 0 aromatic heterocycles. The monoisotopic (exact) mass is 515 g/mol. The van der Waals surface area contributed by atoms with Crippen molar-refractivity contribution in [2.45, 2.75) is 49.7 Å². The number of allylic oxidation sites excluding steroid dienone is 4. The van der Waals surface area contributed by atoms with E-state index >= 15 is 0 Å². The van der Waals surface area contributed by atoms with Gasteiger partial charge in [0, 0.05) is 0 Å². The minimum atomic E-state index is -4.84. The summed E-state index contributed by atoms with van der Waals surface area (Å²) in [6, 6.07) is 3.40. The Kier molecular flexibility index (Phi) is 9.81. The summed E-state index contributed by atoms with van der Waals surface area (Å²) in [5.41, 5.74) is 4.00. The fourth-order valence-corrected chi connectivity index (χ4v) is 3.61. The van der Waals surface area contributed by atoms with Crippen LogP contribution >= 0.6 is 7.82 Å². The van der Waals surface area contributed by atoms with Crippen molar-refractivity contribution in [1.29, 1.82) is 0 Å². The third-order valence-electron chi connectivity index (χ3n) is 5.14. The van der Waals surface area contributed by atoms with E-state index in [1.165, 1.54) is 12.1 Å². The number of aliphatic hydroxyl groups is 1. The van der Waals surface area contributed by atoms with Crippen molar-refractivity contribution in [2.24, 2.45) is 5.73 Å². The van der Waals surface area contributed by atoms with E-state index in [2.05, 4.69) is 4.52 Å². The largest absolute Gasteiger partial charge is 0.493 e. The minimum absolute atomic E-state index is 0.0363. The van der Waals surface area contributed by atoms with E-state index < -0.39 is 56.4 Å². The molecule has 0 radical (unpaired) electrons. The topological polar surface area (TPSA) is 122 Å². The van der Waals surface area contributed by atoms with Crippen molar-refractivity contribution in [3.8, 4) is 5.75 Å². The van der Waals surface area contributed by atoms with Gasteiger partial charge in [0.2, 0.25) is 0 Å². The second-order valence-electron chi connectivity index (χ2n) is 8.05. The highest BCUT2D eigenvalue weighted by atomic mass is 31.2. The Balaban J connectivity index is 1.99. The zero-order chi connectivity index (χ0) is 25.6. The Labute approximate surface area is 193 Å². The summed E-state index contributed by atoms with van der Waals surface area (Å²) in [6.45, 7) is -1.48. The summed E-state index contributed by atoms with van der Waals surface area (Å²) in [5.74, 6) is -0.400. The average Bonchev–Trinajstić information content (AvgIpc) is 2.75. The highest BCUT2D eigenvalue weighted by Gasteiger charge is 2.35. The smallest absolute Gasteiger partial charge is 0.469 e. The van der Waals surface area contributed by atoms with Gasteiger partial charge < -0.3 is 25.4 Å². The summed E-state index contributed by atoms with van der Waals surface area (Å²) in [5, 5.41) is 9.42. The minimum Gasteiger partial charge on any atom is -0.493 e. The lowest BCUT2D eigenvalue weighted by Crippen LogP contribution is -2.48. The van der Waals surface area contributed by atoms with Gasteiger partial charge in [-0.1, -0.05) is 12.1 Å². The molecule has 0 heterocycles. The van der Waals surface area contributed by atoms with Gasteiger partial charge in [-0.3, -0.25) is 4.52 Å². The molecule has 0 saturated carbocycles. The molecule has 5 N–H and O–H groups in total. The summed E-state index contributed by atoms with van der Waals surface area (Å²) in [4.78, 5) is 17.6. The third kappa shape index (κ3) is 9.09. The molecule has 1 aliphatic carbocycles. The predicted octanol–water partition coefficient (Wildman–Crippen LogP) is 3.77. The molecule has 1 aromatic carbocycles. The standard InChI is InChI=1S/C21H27F5NO6P/c22-17-5-3-14(11-18(17)23)2-1-9-32-19-6-4-15(10-16(19)21(24,25)26)7-8-20(27,12-28)13-33-34(29,30)31/h3-6,10-11,17-18,28H,1-2,7-9,12-13,27H2,(H2,29,30,31). The number of benzene rings is 1. The summed E-state index contributed by atoms with van der Waals surface area (Å²) in [7, 11) is -4.84. The van der Waals surface area contributed by atoms with E-state index in [1.807, 2.05) is 0 Å². The molecule has 13 heteroatoms. The number of aliphatic hydroxyl groups excluding tert-OH is 1. The zero-order valence-electron chi connectivity index (χ0n) is 18.0. The van der Waals surface area contributed by atoms with Crippen LogP contribution in [0.3, 0.4) is 0 Å². The van der Waals surface area contributed by atoms with Gasteiger partial charge in [0.15, 0.2) is 12.3 Å². The van der Waals surface area contributed by atoms with Crippen LogP contribution in [0.2, 0.25) is 0 Å². The number of rotatable bonds is 12. The van der Waals surface area contributed by atoms with Gasteiger partial charge in [-0.25, -0.2) is 13.3 Å². The molecule has 0 bridgehead atoms. The second kappa shape index (κ2) is 11.7. The highest BCUT2D eigenvalue weighted by Crippen LogP contribution is 2.38. The Morgan fingerprint density at radius 1 is 1.12 bits per heavy atom. The van der Waals surface area contributed by atoms with Gasteiger partial charge in [0.25, 0.3) is 0 Å². The number of ether oxygens (including phenoxy) is 1. The van der Waals surface area contributed by atoms with Crippen LogP contribution in [0, 0.1) is 0 Å². The van der Waals surface area contributed by atoms with Crippen molar-refractivity contribution in [3.63, 3.8) is 0 Å². The van der Waals surface area contributed by atoms with Crippen LogP contribution in [0.5, 0.6) is 5.75 Å². The van der Waals surface area contributed by atoms with Gasteiger partial charge in [-0.05, 0) is 61.1 Å². The maximum Gasteiger partial charge on any atom is 0.469 e. The van der Waals surface area contributed by atoms with E-state index in [0.717, 1.165) is 24.3 Å². The maximum absolute atomic E-state index is 13.6. The first kappa shape index (κ1) is 28.4. The van der Waals surface area contributed by atoms with Crippen LogP contribution < -0.4 is 10.5 Å². The lowest BCUT2D eigenvalue weighted by molar-refractivity contribution is -0.139. The summed E-state index contributed by atoms with van der Waals surface area (Å²) < 4.78 is 87.5. The number of hydrogen-bond donors (Lipinski definition) is 4. The number of halogens is 5. The lowest BCUT2D eigenvalue weighted by atomic mass is 9.93. The summed E-state index contributed by atoms with van der Waals surface area (Å²) >= 11 is 0. The van der Waals surface area contributed by atoms with Crippen LogP contribution in [0.15, 0.2) is 42.0 Å². The third-order valence-corrected chi connectivity index (χ3v) is 5.60. The molecule has 0 amide bonds. The Morgan fingerprint density at radius 2 is 1.82 bits per heavy atom. The van der Waals surface area contributed by atoms with Crippen LogP contribution in [0.25, 0.3) is 0 Å². The fraction of sp³-hybridized carbons (Fsp3) is 0.524. The number of aryl methyl sites for hydroxylation is 1. The molecule has 0 fully saturated rings. The quantitative estimate of drug-likeness (QED) is 0.190. The van der Waals surface area contributed by atoms with Crippen molar-refractivity contribution in [1.82, 2.24) is 0 Å².